The topological polar surface area (TPSA) is 12.0 Å². The van der Waals surface area contributed by atoms with Crippen molar-refractivity contribution in [3.05, 3.63) is 70.0 Å². The molecule has 94 valence electrons. The minimum absolute atomic E-state index is 0.169. The molecule has 18 heavy (non-hydrogen) atoms. The minimum atomic E-state index is -0.169. The molecule has 0 heterocycles. The largest absolute Gasteiger partial charge is 0.309 e. The van der Waals surface area contributed by atoms with Gasteiger partial charge in [0.05, 0.1) is 0 Å². The van der Waals surface area contributed by atoms with E-state index in [1.165, 1.54) is 11.6 Å². The summed E-state index contributed by atoms with van der Waals surface area (Å²) in [6.45, 7) is 3.25. The van der Waals surface area contributed by atoms with Crippen molar-refractivity contribution in [3.63, 3.8) is 0 Å². The van der Waals surface area contributed by atoms with Crippen LogP contribution < -0.4 is 5.32 Å². The quantitative estimate of drug-likeness (QED) is 0.877. The summed E-state index contributed by atoms with van der Waals surface area (Å²) in [5.41, 5.74) is 3.00. The first-order chi connectivity index (χ1) is 8.66. The van der Waals surface area contributed by atoms with Gasteiger partial charge in [-0.15, -0.1) is 0 Å². The van der Waals surface area contributed by atoms with Crippen molar-refractivity contribution < 1.29 is 4.39 Å². The molecule has 0 atom stereocenters. The number of halogens is 2. The summed E-state index contributed by atoms with van der Waals surface area (Å²) in [7, 11) is 0. The monoisotopic (exact) mass is 263 g/mol. The van der Waals surface area contributed by atoms with Gasteiger partial charge in [0.25, 0.3) is 0 Å². The molecule has 0 aliphatic rings. The normalized spacial score (nSPS) is 10.6. The zero-order valence-corrected chi connectivity index (χ0v) is 11.0. The molecular formula is C15H15ClFN. The van der Waals surface area contributed by atoms with E-state index in [0.717, 1.165) is 10.6 Å². The summed E-state index contributed by atoms with van der Waals surface area (Å²) in [5, 5.41) is 3.98. The van der Waals surface area contributed by atoms with E-state index >= 15 is 0 Å². The van der Waals surface area contributed by atoms with Crippen molar-refractivity contribution in [1.29, 1.82) is 0 Å². The standard InChI is InChI=1S/C15H15ClFN/c1-11-8-14(16)7-6-12(11)9-18-10-13-4-2-3-5-15(13)17/h2-8,18H,9-10H2,1H3. The zero-order chi connectivity index (χ0) is 13.0. The first-order valence-electron chi connectivity index (χ1n) is 5.86. The molecule has 1 N–H and O–H groups in total. The second-order valence-electron chi connectivity index (χ2n) is 4.27. The molecule has 0 aliphatic carbocycles. The summed E-state index contributed by atoms with van der Waals surface area (Å²) < 4.78 is 13.4. The molecule has 0 radical (unpaired) electrons. The molecule has 0 fully saturated rings. The number of nitrogens with one attached hydrogen (secondary N) is 1. The molecule has 2 aromatic rings. The fourth-order valence-corrected chi connectivity index (χ4v) is 2.06. The van der Waals surface area contributed by atoms with E-state index in [-0.39, 0.29) is 5.82 Å². The van der Waals surface area contributed by atoms with E-state index < -0.39 is 0 Å². The van der Waals surface area contributed by atoms with Gasteiger partial charge < -0.3 is 5.32 Å². The Morgan fingerprint density at radius 3 is 2.50 bits per heavy atom. The fourth-order valence-electron chi connectivity index (χ4n) is 1.83. The van der Waals surface area contributed by atoms with Crippen LogP contribution in [0.2, 0.25) is 5.02 Å². The van der Waals surface area contributed by atoms with Crippen LogP contribution in [0.5, 0.6) is 0 Å². The van der Waals surface area contributed by atoms with Crippen LogP contribution in [0.15, 0.2) is 42.5 Å². The van der Waals surface area contributed by atoms with Crippen LogP contribution in [-0.4, -0.2) is 0 Å². The van der Waals surface area contributed by atoms with Gasteiger partial charge in [0, 0.05) is 23.7 Å². The first kappa shape index (κ1) is 13.1. The Morgan fingerprint density at radius 2 is 1.78 bits per heavy atom. The van der Waals surface area contributed by atoms with E-state index in [1.807, 2.05) is 31.2 Å². The maximum absolute atomic E-state index is 13.4. The highest BCUT2D eigenvalue weighted by atomic mass is 35.5. The lowest BCUT2D eigenvalue weighted by Gasteiger charge is -2.08. The second kappa shape index (κ2) is 5.98. The average Bonchev–Trinajstić information content (AvgIpc) is 2.34. The van der Waals surface area contributed by atoms with Crippen molar-refractivity contribution in [1.82, 2.24) is 5.32 Å². The van der Waals surface area contributed by atoms with Gasteiger partial charge >= 0.3 is 0 Å². The number of aryl methyl sites for hydroxylation is 1. The lowest BCUT2D eigenvalue weighted by molar-refractivity contribution is 0.587. The highest BCUT2D eigenvalue weighted by Crippen LogP contribution is 2.15. The minimum Gasteiger partial charge on any atom is -0.309 e. The van der Waals surface area contributed by atoms with Crippen LogP contribution in [0.4, 0.5) is 4.39 Å². The Bertz CT molecular complexity index is 540. The molecule has 0 aliphatic heterocycles. The van der Waals surface area contributed by atoms with E-state index in [2.05, 4.69) is 5.32 Å². The molecule has 0 aromatic heterocycles. The number of benzene rings is 2. The SMILES string of the molecule is Cc1cc(Cl)ccc1CNCc1ccccc1F. The maximum Gasteiger partial charge on any atom is 0.127 e. The smallest absolute Gasteiger partial charge is 0.127 e. The third-order valence-electron chi connectivity index (χ3n) is 2.89. The molecule has 3 heteroatoms. The molecule has 0 unspecified atom stereocenters. The van der Waals surface area contributed by atoms with Gasteiger partial charge in [0.2, 0.25) is 0 Å². The van der Waals surface area contributed by atoms with Gasteiger partial charge in [-0.25, -0.2) is 4.39 Å². The van der Waals surface area contributed by atoms with Gasteiger partial charge in [-0.05, 0) is 36.2 Å². The van der Waals surface area contributed by atoms with Crippen LogP contribution in [-0.2, 0) is 13.1 Å². The molecule has 0 amide bonds. The lowest BCUT2D eigenvalue weighted by Crippen LogP contribution is -2.14. The molecule has 0 saturated heterocycles. The van der Waals surface area contributed by atoms with Gasteiger partial charge in [0.1, 0.15) is 5.82 Å². The van der Waals surface area contributed by atoms with Crippen LogP contribution in [0.3, 0.4) is 0 Å². The van der Waals surface area contributed by atoms with Gasteiger partial charge in [0.15, 0.2) is 0 Å². The first-order valence-corrected chi connectivity index (χ1v) is 6.24. The Hall–Kier alpha value is -1.38. The molecule has 0 saturated carbocycles. The molecule has 0 bridgehead atoms. The Labute approximate surface area is 112 Å². The summed E-state index contributed by atoms with van der Waals surface area (Å²) in [6, 6.07) is 12.6. The van der Waals surface area contributed by atoms with Crippen LogP contribution in [0, 0.1) is 12.7 Å². The predicted molar refractivity (Wildman–Crippen MR) is 73.1 cm³/mol. The summed E-state index contributed by atoms with van der Waals surface area (Å²) in [5.74, 6) is -0.169. The number of hydrogen-bond donors (Lipinski definition) is 1. The summed E-state index contributed by atoms with van der Waals surface area (Å²) >= 11 is 5.90. The summed E-state index contributed by atoms with van der Waals surface area (Å²) in [4.78, 5) is 0. The Kier molecular flexibility index (Phi) is 4.34. The van der Waals surface area contributed by atoms with E-state index in [9.17, 15) is 4.39 Å². The average molecular weight is 264 g/mol. The third kappa shape index (κ3) is 3.31. The predicted octanol–water partition coefficient (Wildman–Crippen LogP) is 4.08. The molecule has 0 spiro atoms. The van der Waals surface area contributed by atoms with Crippen molar-refractivity contribution in [3.8, 4) is 0 Å². The molecular weight excluding hydrogens is 249 g/mol. The van der Waals surface area contributed by atoms with Crippen molar-refractivity contribution in [2.75, 3.05) is 0 Å². The molecule has 2 rings (SSSR count). The fraction of sp³-hybridized carbons (Fsp3) is 0.200. The molecule has 2 aromatic carbocycles. The highest BCUT2D eigenvalue weighted by molar-refractivity contribution is 6.30. The van der Waals surface area contributed by atoms with E-state index in [4.69, 9.17) is 11.6 Å². The Morgan fingerprint density at radius 1 is 1.06 bits per heavy atom. The lowest BCUT2D eigenvalue weighted by atomic mass is 10.1. The van der Waals surface area contributed by atoms with Crippen LogP contribution in [0.25, 0.3) is 0 Å². The van der Waals surface area contributed by atoms with Gasteiger partial charge in [-0.3, -0.25) is 0 Å². The van der Waals surface area contributed by atoms with Crippen LogP contribution in [0.1, 0.15) is 16.7 Å². The van der Waals surface area contributed by atoms with Gasteiger partial charge in [-0.2, -0.15) is 0 Å². The van der Waals surface area contributed by atoms with Gasteiger partial charge in [-0.1, -0.05) is 35.9 Å². The van der Waals surface area contributed by atoms with E-state index in [0.29, 0.717) is 18.7 Å². The number of hydrogen-bond acceptors (Lipinski definition) is 1. The van der Waals surface area contributed by atoms with Crippen LogP contribution >= 0.6 is 11.6 Å². The Balaban J connectivity index is 1.95. The highest BCUT2D eigenvalue weighted by Gasteiger charge is 2.02. The molecule has 1 nitrogen and oxygen atoms in total. The van der Waals surface area contributed by atoms with E-state index in [1.54, 1.807) is 12.1 Å². The number of rotatable bonds is 4. The third-order valence-corrected chi connectivity index (χ3v) is 3.13. The second-order valence-corrected chi connectivity index (χ2v) is 4.70. The summed E-state index contributed by atoms with van der Waals surface area (Å²) in [6.07, 6.45) is 0. The van der Waals surface area contributed by atoms with Crippen molar-refractivity contribution in [2.45, 2.75) is 20.0 Å². The maximum atomic E-state index is 13.4. The van der Waals surface area contributed by atoms with Crippen molar-refractivity contribution >= 4 is 11.6 Å². The van der Waals surface area contributed by atoms with Crippen molar-refractivity contribution in [2.24, 2.45) is 0 Å². The zero-order valence-electron chi connectivity index (χ0n) is 10.2.